The monoisotopic (exact) mass is 358 g/mol. The van der Waals surface area contributed by atoms with Gasteiger partial charge >= 0.3 is 0 Å². The van der Waals surface area contributed by atoms with Crippen LogP contribution in [-0.4, -0.2) is 28.8 Å². The highest BCUT2D eigenvalue weighted by Gasteiger charge is 2.29. The molecule has 5 nitrogen and oxygen atoms in total. The second-order valence-electron chi connectivity index (χ2n) is 7.53. The maximum Gasteiger partial charge on any atom is 0.221 e. The molecule has 1 aromatic heterocycles. The fraction of sp³-hybridized carbons (Fsp3) is 0.318. The van der Waals surface area contributed by atoms with Gasteiger partial charge in [-0.25, -0.2) is 4.98 Å². The Labute approximate surface area is 158 Å². The zero-order valence-corrected chi connectivity index (χ0v) is 15.2. The lowest BCUT2D eigenvalue weighted by Gasteiger charge is -2.33. The van der Waals surface area contributed by atoms with Crippen molar-refractivity contribution in [3.63, 3.8) is 0 Å². The summed E-state index contributed by atoms with van der Waals surface area (Å²) >= 11 is 0. The number of piperidine rings is 1. The second-order valence-corrected chi connectivity index (χ2v) is 7.53. The van der Waals surface area contributed by atoms with Gasteiger partial charge in [-0.05, 0) is 53.6 Å². The number of aromatic nitrogens is 2. The van der Waals surface area contributed by atoms with Crippen LogP contribution in [0.15, 0.2) is 42.6 Å². The second kappa shape index (κ2) is 6.34. The number of nitrogens with zero attached hydrogens (tertiary/aromatic N) is 3. The number of carbonyl (C=O) groups is 1. The van der Waals surface area contributed by atoms with E-state index in [4.69, 9.17) is 5.73 Å². The van der Waals surface area contributed by atoms with Crippen molar-refractivity contribution in [1.82, 2.24) is 9.97 Å². The van der Waals surface area contributed by atoms with E-state index in [1.54, 1.807) is 6.20 Å². The normalized spacial score (nSPS) is 18.8. The summed E-state index contributed by atoms with van der Waals surface area (Å²) in [4.78, 5) is 23.9. The first-order chi connectivity index (χ1) is 13.2. The molecule has 2 heterocycles. The van der Waals surface area contributed by atoms with Crippen LogP contribution in [0, 0.1) is 5.92 Å². The fourth-order valence-electron chi connectivity index (χ4n) is 4.62. The topological polar surface area (TPSA) is 72.1 Å². The number of nitrogens with two attached hydrogens (primary N) is 1. The molecule has 3 aromatic rings. The van der Waals surface area contributed by atoms with Crippen LogP contribution < -0.4 is 10.6 Å². The van der Waals surface area contributed by atoms with E-state index in [0.29, 0.717) is 6.54 Å². The van der Waals surface area contributed by atoms with Crippen molar-refractivity contribution in [2.24, 2.45) is 5.92 Å². The number of anilines is 2. The first-order valence-corrected chi connectivity index (χ1v) is 9.62. The third-order valence-corrected chi connectivity index (χ3v) is 5.92. The average molecular weight is 358 g/mol. The number of benzene rings is 2. The summed E-state index contributed by atoms with van der Waals surface area (Å²) in [6.07, 6.45) is 5.72. The average Bonchev–Trinajstić information content (AvgIpc) is 3.13. The molecule has 5 rings (SSSR count). The van der Waals surface area contributed by atoms with Gasteiger partial charge in [0.25, 0.3) is 0 Å². The molecule has 0 radical (unpaired) electrons. The van der Waals surface area contributed by atoms with Crippen LogP contribution in [0.25, 0.3) is 10.8 Å². The third-order valence-electron chi connectivity index (χ3n) is 5.92. The van der Waals surface area contributed by atoms with Crippen molar-refractivity contribution in [3.8, 4) is 0 Å². The lowest BCUT2D eigenvalue weighted by Crippen LogP contribution is -2.39. The quantitative estimate of drug-likeness (QED) is 0.727. The van der Waals surface area contributed by atoms with Gasteiger partial charge in [-0.15, -0.1) is 0 Å². The summed E-state index contributed by atoms with van der Waals surface area (Å²) in [5.74, 6) is 1.31. The van der Waals surface area contributed by atoms with Crippen molar-refractivity contribution in [2.45, 2.75) is 25.7 Å². The minimum absolute atomic E-state index is 0.0200. The molecular formula is C22H22N4O. The lowest BCUT2D eigenvalue weighted by atomic mass is 9.87. The molecular weight excluding hydrogens is 336 g/mol. The molecule has 1 fully saturated rings. The first-order valence-electron chi connectivity index (χ1n) is 9.62. The van der Waals surface area contributed by atoms with Gasteiger partial charge in [0.1, 0.15) is 5.82 Å². The Morgan fingerprint density at radius 1 is 1.11 bits per heavy atom. The standard InChI is InChI=1S/C22H22N4O/c23-22-24-11-10-19(25-22)26-12-2-4-16(13-26)21(27)18-9-8-15-7-6-14-3-1-5-17(18)20(14)15/h1,3,5,8-11,16H,2,4,6-7,12-13H2,(H2,23,24,25). The van der Waals surface area contributed by atoms with Gasteiger partial charge in [-0.2, -0.15) is 4.98 Å². The summed E-state index contributed by atoms with van der Waals surface area (Å²) in [6.45, 7) is 1.57. The summed E-state index contributed by atoms with van der Waals surface area (Å²) in [5, 5.41) is 2.43. The molecule has 1 atom stereocenters. The highest BCUT2D eigenvalue weighted by Crippen LogP contribution is 2.34. The van der Waals surface area contributed by atoms with Crippen LogP contribution in [0.4, 0.5) is 11.8 Å². The predicted octanol–water partition coefficient (Wildman–Crippen LogP) is 3.41. The van der Waals surface area contributed by atoms with E-state index in [2.05, 4.69) is 39.1 Å². The molecule has 1 aliphatic heterocycles. The first kappa shape index (κ1) is 16.2. The molecule has 2 aromatic carbocycles. The molecule has 1 aliphatic carbocycles. The van der Waals surface area contributed by atoms with E-state index < -0.39 is 0 Å². The molecule has 0 amide bonds. The number of nitrogen functional groups attached to an aromatic ring is 1. The predicted molar refractivity (Wildman–Crippen MR) is 107 cm³/mol. The van der Waals surface area contributed by atoms with Crippen LogP contribution in [0.3, 0.4) is 0 Å². The van der Waals surface area contributed by atoms with E-state index in [1.807, 2.05) is 12.1 Å². The molecule has 0 saturated carbocycles. The van der Waals surface area contributed by atoms with E-state index in [1.165, 1.54) is 16.5 Å². The SMILES string of the molecule is Nc1nccc(N2CCCC(C(=O)c3ccc4c5c(cccc35)CC4)C2)n1. The van der Waals surface area contributed by atoms with E-state index >= 15 is 0 Å². The van der Waals surface area contributed by atoms with Crippen LogP contribution in [0.1, 0.15) is 34.3 Å². The maximum absolute atomic E-state index is 13.4. The van der Waals surface area contributed by atoms with Gasteiger partial charge in [-0.1, -0.05) is 30.3 Å². The summed E-state index contributed by atoms with van der Waals surface area (Å²) in [7, 11) is 0. The fourth-order valence-corrected chi connectivity index (χ4v) is 4.62. The molecule has 1 saturated heterocycles. The molecule has 0 bridgehead atoms. The molecule has 2 N–H and O–H groups in total. The highest BCUT2D eigenvalue weighted by atomic mass is 16.1. The third kappa shape index (κ3) is 2.74. The van der Waals surface area contributed by atoms with Crippen LogP contribution in [-0.2, 0) is 12.8 Å². The Morgan fingerprint density at radius 2 is 1.96 bits per heavy atom. The Bertz CT molecular complexity index is 1040. The molecule has 27 heavy (non-hydrogen) atoms. The minimum atomic E-state index is -0.0200. The van der Waals surface area contributed by atoms with Gasteiger partial charge in [0, 0.05) is 30.8 Å². The summed E-state index contributed by atoms with van der Waals surface area (Å²) in [6, 6.07) is 12.4. The van der Waals surface area contributed by atoms with Crippen molar-refractivity contribution < 1.29 is 4.79 Å². The number of ketones is 1. The summed E-state index contributed by atoms with van der Waals surface area (Å²) in [5.41, 5.74) is 9.35. The van der Waals surface area contributed by atoms with Crippen molar-refractivity contribution in [3.05, 3.63) is 59.3 Å². The summed E-state index contributed by atoms with van der Waals surface area (Å²) < 4.78 is 0. The molecule has 2 aliphatic rings. The Hall–Kier alpha value is -2.95. The van der Waals surface area contributed by atoms with Crippen LogP contribution in [0.5, 0.6) is 0 Å². The highest BCUT2D eigenvalue weighted by molar-refractivity contribution is 6.11. The van der Waals surface area contributed by atoms with Crippen LogP contribution in [0.2, 0.25) is 0 Å². The van der Waals surface area contributed by atoms with Gasteiger partial charge in [0.15, 0.2) is 5.78 Å². The minimum Gasteiger partial charge on any atom is -0.368 e. The molecule has 1 unspecified atom stereocenters. The van der Waals surface area contributed by atoms with Gasteiger partial charge in [-0.3, -0.25) is 4.79 Å². The number of aryl methyl sites for hydroxylation is 2. The molecule has 0 spiro atoms. The maximum atomic E-state index is 13.4. The molecule has 136 valence electrons. The van der Waals surface area contributed by atoms with Crippen molar-refractivity contribution in [1.29, 1.82) is 0 Å². The number of rotatable bonds is 3. The van der Waals surface area contributed by atoms with E-state index in [0.717, 1.165) is 49.0 Å². The Balaban J connectivity index is 1.47. The van der Waals surface area contributed by atoms with Gasteiger partial charge in [0.2, 0.25) is 5.95 Å². The van der Waals surface area contributed by atoms with Crippen molar-refractivity contribution >= 4 is 28.3 Å². The van der Waals surface area contributed by atoms with Crippen LogP contribution >= 0.6 is 0 Å². The number of carbonyl (C=O) groups excluding carboxylic acids is 1. The van der Waals surface area contributed by atoms with Gasteiger partial charge in [0.05, 0.1) is 0 Å². The smallest absolute Gasteiger partial charge is 0.221 e. The number of hydrogen-bond donors (Lipinski definition) is 1. The Morgan fingerprint density at radius 3 is 2.81 bits per heavy atom. The lowest BCUT2D eigenvalue weighted by molar-refractivity contribution is 0.0909. The number of Topliss-reactive ketones (excluding diaryl/α,β-unsaturated/α-hetero) is 1. The number of hydrogen-bond acceptors (Lipinski definition) is 5. The van der Waals surface area contributed by atoms with Gasteiger partial charge < -0.3 is 10.6 Å². The zero-order valence-electron chi connectivity index (χ0n) is 15.2. The molecule has 5 heteroatoms. The van der Waals surface area contributed by atoms with Crippen molar-refractivity contribution in [2.75, 3.05) is 23.7 Å². The Kier molecular flexibility index (Phi) is 3.81. The largest absolute Gasteiger partial charge is 0.368 e. The van der Waals surface area contributed by atoms with E-state index in [-0.39, 0.29) is 17.6 Å². The zero-order chi connectivity index (χ0) is 18.4. The van der Waals surface area contributed by atoms with E-state index in [9.17, 15) is 4.79 Å².